The highest BCUT2D eigenvalue weighted by molar-refractivity contribution is 9.10. The summed E-state index contributed by atoms with van der Waals surface area (Å²) in [5.41, 5.74) is 2.19. The molecule has 2 aromatic rings. The van der Waals surface area contributed by atoms with Crippen molar-refractivity contribution in [3.05, 3.63) is 34.6 Å². The van der Waals surface area contributed by atoms with Crippen LogP contribution in [0.5, 0.6) is 0 Å². The van der Waals surface area contributed by atoms with Crippen molar-refractivity contribution in [2.75, 3.05) is 7.05 Å². The van der Waals surface area contributed by atoms with E-state index in [2.05, 4.69) is 31.3 Å². The van der Waals surface area contributed by atoms with Gasteiger partial charge in [0.25, 0.3) is 0 Å². The Morgan fingerprint density at radius 1 is 1.38 bits per heavy atom. The zero-order valence-corrected chi connectivity index (χ0v) is 11.1. The van der Waals surface area contributed by atoms with Gasteiger partial charge >= 0.3 is 0 Å². The van der Waals surface area contributed by atoms with Crippen molar-refractivity contribution >= 4 is 15.9 Å². The lowest BCUT2D eigenvalue weighted by molar-refractivity contribution is 0.575. The van der Waals surface area contributed by atoms with Crippen molar-refractivity contribution in [2.24, 2.45) is 14.1 Å². The van der Waals surface area contributed by atoms with Gasteiger partial charge in [0.1, 0.15) is 0 Å². The second-order valence-electron chi connectivity index (χ2n) is 3.65. The highest BCUT2D eigenvalue weighted by atomic mass is 79.9. The second-order valence-corrected chi connectivity index (χ2v) is 4.51. The molecule has 0 saturated heterocycles. The Morgan fingerprint density at radius 3 is 2.56 bits per heavy atom. The van der Waals surface area contributed by atoms with Crippen LogP contribution < -0.4 is 5.32 Å². The third-order valence-electron chi connectivity index (χ3n) is 2.65. The van der Waals surface area contributed by atoms with Crippen LogP contribution in [0.25, 0.3) is 0 Å². The summed E-state index contributed by atoms with van der Waals surface area (Å²) in [5.74, 6) is 0. The number of nitrogens with one attached hydrogen (secondary N) is 1. The van der Waals surface area contributed by atoms with Crippen molar-refractivity contribution in [1.29, 1.82) is 0 Å². The third-order valence-corrected chi connectivity index (χ3v) is 3.26. The van der Waals surface area contributed by atoms with E-state index in [9.17, 15) is 0 Å². The Labute approximate surface area is 103 Å². The number of halogens is 1. The van der Waals surface area contributed by atoms with Crippen LogP contribution >= 0.6 is 15.9 Å². The van der Waals surface area contributed by atoms with E-state index in [0.717, 1.165) is 15.9 Å². The van der Waals surface area contributed by atoms with Crippen LogP contribution in [0.3, 0.4) is 0 Å². The van der Waals surface area contributed by atoms with Gasteiger partial charge in [-0.25, -0.2) is 4.98 Å². The molecule has 1 N–H and O–H groups in total. The summed E-state index contributed by atoms with van der Waals surface area (Å²) in [6, 6.07) is 0.0781. The van der Waals surface area contributed by atoms with E-state index in [1.54, 1.807) is 12.5 Å². The first kappa shape index (κ1) is 11.3. The number of aromatic nitrogens is 4. The Bertz CT molecular complexity index is 468. The van der Waals surface area contributed by atoms with Gasteiger partial charge in [0.15, 0.2) is 0 Å². The van der Waals surface area contributed by atoms with Gasteiger partial charge in [0, 0.05) is 14.1 Å². The normalized spacial score (nSPS) is 13.0. The Kier molecular flexibility index (Phi) is 3.11. The van der Waals surface area contributed by atoms with E-state index in [-0.39, 0.29) is 6.04 Å². The molecule has 0 spiro atoms. The summed E-state index contributed by atoms with van der Waals surface area (Å²) in [4.78, 5) is 4.14. The summed E-state index contributed by atoms with van der Waals surface area (Å²) in [7, 11) is 5.84. The minimum atomic E-state index is 0.0781. The summed E-state index contributed by atoms with van der Waals surface area (Å²) in [5, 5.41) is 7.50. The molecule has 0 amide bonds. The van der Waals surface area contributed by atoms with Gasteiger partial charge in [-0.1, -0.05) is 0 Å². The molecule has 2 heterocycles. The molecule has 6 heteroatoms. The van der Waals surface area contributed by atoms with Crippen molar-refractivity contribution in [1.82, 2.24) is 24.6 Å². The van der Waals surface area contributed by atoms with Gasteiger partial charge in [0.2, 0.25) is 0 Å². The van der Waals surface area contributed by atoms with E-state index in [4.69, 9.17) is 0 Å². The molecule has 86 valence electrons. The highest BCUT2D eigenvalue weighted by Gasteiger charge is 2.21. The molecule has 1 unspecified atom stereocenters. The molecule has 16 heavy (non-hydrogen) atoms. The van der Waals surface area contributed by atoms with Crippen molar-refractivity contribution in [3.8, 4) is 0 Å². The molecule has 0 bridgehead atoms. The molecular weight excluding hydrogens is 270 g/mol. The molecule has 0 aliphatic heterocycles. The maximum atomic E-state index is 4.22. The molecule has 0 radical (unpaired) electrons. The molecule has 0 aliphatic rings. The standard InChI is InChI=1S/C10H14BrN5/c1-12-9(8-5-13-6-15(8)2)10-7(11)4-14-16(10)3/h4-6,9,12H,1-3H3. The van der Waals surface area contributed by atoms with E-state index in [1.807, 2.05) is 36.6 Å². The lowest BCUT2D eigenvalue weighted by Gasteiger charge is -2.17. The van der Waals surface area contributed by atoms with Crippen LogP contribution in [0.15, 0.2) is 23.2 Å². The van der Waals surface area contributed by atoms with Gasteiger partial charge in [-0.3, -0.25) is 4.68 Å². The van der Waals surface area contributed by atoms with Crippen molar-refractivity contribution < 1.29 is 0 Å². The lowest BCUT2D eigenvalue weighted by Crippen LogP contribution is -2.23. The average molecular weight is 284 g/mol. The van der Waals surface area contributed by atoms with Crippen LogP contribution in [-0.4, -0.2) is 26.4 Å². The van der Waals surface area contributed by atoms with Gasteiger partial charge in [-0.05, 0) is 23.0 Å². The van der Waals surface area contributed by atoms with E-state index in [0.29, 0.717) is 0 Å². The maximum absolute atomic E-state index is 4.22. The summed E-state index contributed by atoms with van der Waals surface area (Å²) < 4.78 is 4.86. The smallest absolute Gasteiger partial charge is 0.0946 e. The average Bonchev–Trinajstić information content (AvgIpc) is 2.80. The molecule has 5 nitrogen and oxygen atoms in total. The lowest BCUT2D eigenvalue weighted by atomic mass is 10.1. The first-order chi connectivity index (χ1) is 7.65. The van der Waals surface area contributed by atoms with Gasteiger partial charge < -0.3 is 9.88 Å². The Balaban J connectivity index is 2.49. The van der Waals surface area contributed by atoms with Crippen LogP contribution in [0.2, 0.25) is 0 Å². The Hall–Kier alpha value is -1.14. The zero-order chi connectivity index (χ0) is 11.7. The number of rotatable bonds is 3. The van der Waals surface area contributed by atoms with Crippen LogP contribution in [-0.2, 0) is 14.1 Å². The molecule has 0 aromatic carbocycles. The van der Waals surface area contributed by atoms with Gasteiger partial charge in [-0.15, -0.1) is 0 Å². The predicted molar refractivity (Wildman–Crippen MR) is 65.0 cm³/mol. The molecule has 0 saturated carbocycles. The first-order valence-corrected chi connectivity index (χ1v) is 5.75. The van der Waals surface area contributed by atoms with E-state index < -0.39 is 0 Å². The van der Waals surface area contributed by atoms with Crippen LogP contribution in [0.4, 0.5) is 0 Å². The van der Waals surface area contributed by atoms with Crippen molar-refractivity contribution in [2.45, 2.75) is 6.04 Å². The monoisotopic (exact) mass is 283 g/mol. The maximum Gasteiger partial charge on any atom is 0.0946 e. The number of aryl methyl sites for hydroxylation is 2. The number of hydrogen-bond donors (Lipinski definition) is 1. The number of imidazole rings is 1. The quantitative estimate of drug-likeness (QED) is 0.922. The number of hydrogen-bond acceptors (Lipinski definition) is 3. The fourth-order valence-corrected chi connectivity index (χ4v) is 2.39. The van der Waals surface area contributed by atoms with Gasteiger partial charge in [-0.2, -0.15) is 5.10 Å². The molecule has 1 atom stereocenters. The first-order valence-electron chi connectivity index (χ1n) is 4.96. The molecule has 2 rings (SSSR count). The van der Waals surface area contributed by atoms with Crippen molar-refractivity contribution in [3.63, 3.8) is 0 Å². The third kappa shape index (κ3) is 1.78. The SMILES string of the molecule is CNC(c1cncn1C)c1c(Br)cnn1C. The fourth-order valence-electron chi connectivity index (χ4n) is 1.82. The highest BCUT2D eigenvalue weighted by Crippen LogP contribution is 2.27. The number of nitrogens with zero attached hydrogens (tertiary/aromatic N) is 4. The minimum Gasteiger partial charge on any atom is -0.336 e. The Morgan fingerprint density at radius 2 is 2.12 bits per heavy atom. The minimum absolute atomic E-state index is 0.0781. The van der Waals surface area contributed by atoms with Crippen LogP contribution in [0.1, 0.15) is 17.4 Å². The predicted octanol–water partition coefficient (Wildman–Crippen LogP) is 1.22. The molecule has 0 fully saturated rings. The van der Waals surface area contributed by atoms with E-state index >= 15 is 0 Å². The molecular formula is C10H14BrN5. The van der Waals surface area contributed by atoms with E-state index in [1.165, 1.54) is 0 Å². The largest absolute Gasteiger partial charge is 0.336 e. The van der Waals surface area contributed by atoms with Crippen LogP contribution in [0, 0.1) is 0 Å². The summed E-state index contributed by atoms with van der Waals surface area (Å²) in [6.07, 6.45) is 5.46. The molecule has 0 aliphatic carbocycles. The summed E-state index contributed by atoms with van der Waals surface area (Å²) in [6.45, 7) is 0. The fraction of sp³-hybridized carbons (Fsp3) is 0.400. The second kappa shape index (κ2) is 4.39. The summed E-state index contributed by atoms with van der Waals surface area (Å²) >= 11 is 3.52. The van der Waals surface area contributed by atoms with Gasteiger partial charge in [0.05, 0.1) is 40.6 Å². The molecule has 2 aromatic heterocycles. The zero-order valence-electron chi connectivity index (χ0n) is 9.48. The topological polar surface area (TPSA) is 47.7 Å².